The highest BCUT2D eigenvalue weighted by Gasteiger charge is 2.11. The van der Waals surface area contributed by atoms with Crippen LogP contribution in [0.25, 0.3) is 0 Å². The van der Waals surface area contributed by atoms with E-state index in [1.54, 1.807) is 25.3 Å². The number of carbonyl (C=O) groups is 1. The molecule has 0 aliphatic rings. The zero-order valence-electron chi connectivity index (χ0n) is 13.1. The van der Waals surface area contributed by atoms with Crippen molar-refractivity contribution in [2.75, 3.05) is 26.7 Å². The van der Waals surface area contributed by atoms with E-state index < -0.39 is 0 Å². The van der Waals surface area contributed by atoms with E-state index in [0.717, 1.165) is 13.1 Å². The summed E-state index contributed by atoms with van der Waals surface area (Å²) in [7, 11) is 1.56. The summed E-state index contributed by atoms with van der Waals surface area (Å²) < 4.78 is 10.9. The summed E-state index contributed by atoms with van der Waals surface area (Å²) in [6.45, 7) is 8.17. The van der Waals surface area contributed by atoms with Crippen molar-refractivity contribution in [1.29, 1.82) is 0 Å². The van der Waals surface area contributed by atoms with Crippen molar-refractivity contribution in [3.8, 4) is 11.5 Å². The number of nitrogens with one attached hydrogen (secondary N) is 2. The van der Waals surface area contributed by atoms with E-state index in [-0.39, 0.29) is 24.4 Å². The van der Waals surface area contributed by atoms with Gasteiger partial charge in [0.2, 0.25) is 0 Å². The quantitative estimate of drug-likeness (QED) is 0.722. The van der Waals surface area contributed by atoms with Crippen LogP contribution in [0.5, 0.6) is 11.5 Å². The summed E-state index contributed by atoms with van der Waals surface area (Å²) in [6.07, 6.45) is 0.0590. The highest BCUT2D eigenvalue weighted by molar-refractivity contribution is 5.94. The molecule has 0 saturated carbocycles. The molecule has 0 atom stereocenters. The Kier molecular flexibility index (Phi) is 9.58. The molecule has 1 aromatic rings. The SMILES string of the molecule is CCNCCNC(=O)c1ccc(OC(C)C)c(OC)c1.Cl. The minimum absolute atomic E-state index is 0. The monoisotopic (exact) mass is 316 g/mol. The normalized spacial score (nSPS) is 9.95. The van der Waals surface area contributed by atoms with Crippen molar-refractivity contribution in [3.63, 3.8) is 0 Å². The Bertz CT molecular complexity index is 439. The second-order valence-corrected chi connectivity index (χ2v) is 4.64. The third-order valence-electron chi connectivity index (χ3n) is 2.63. The smallest absolute Gasteiger partial charge is 0.251 e. The molecule has 0 bridgehead atoms. The molecule has 1 rings (SSSR count). The molecule has 0 radical (unpaired) electrons. The van der Waals surface area contributed by atoms with Gasteiger partial charge in [-0.3, -0.25) is 4.79 Å². The standard InChI is InChI=1S/C15H24N2O3.ClH/c1-5-16-8-9-17-15(18)12-6-7-13(20-11(2)3)14(10-12)19-4;/h6-7,10-11,16H,5,8-9H2,1-4H3,(H,17,18);1H. The lowest BCUT2D eigenvalue weighted by atomic mass is 10.2. The summed E-state index contributed by atoms with van der Waals surface area (Å²) in [5.74, 6) is 1.10. The van der Waals surface area contributed by atoms with Gasteiger partial charge in [-0.05, 0) is 38.6 Å². The lowest BCUT2D eigenvalue weighted by Crippen LogP contribution is -2.31. The van der Waals surface area contributed by atoms with Crippen molar-refractivity contribution in [2.45, 2.75) is 26.9 Å². The number of halogens is 1. The van der Waals surface area contributed by atoms with Crippen molar-refractivity contribution in [3.05, 3.63) is 23.8 Å². The number of hydrogen-bond acceptors (Lipinski definition) is 4. The van der Waals surface area contributed by atoms with Gasteiger partial charge in [0.25, 0.3) is 5.91 Å². The lowest BCUT2D eigenvalue weighted by Gasteiger charge is -2.14. The Labute approximate surface area is 132 Å². The predicted molar refractivity (Wildman–Crippen MR) is 86.9 cm³/mol. The Morgan fingerprint density at radius 1 is 1.24 bits per heavy atom. The topological polar surface area (TPSA) is 59.6 Å². The average molecular weight is 317 g/mol. The van der Waals surface area contributed by atoms with Crippen LogP contribution in [0.3, 0.4) is 0 Å². The number of ether oxygens (including phenoxy) is 2. The van der Waals surface area contributed by atoms with E-state index >= 15 is 0 Å². The van der Waals surface area contributed by atoms with Gasteiger partial charge in [0, 0.05) is 18.7 Å². The van der Waals surface area contributed by atoms with E-state index in [4.69, 9.17) is 9.47 Å². The van der Waals surface area contributed by atoms with Gasteiger partial charge < -0.3 is 20.1 Å². The van der Waals surface area contributed by atoms with Gasteiger partial charge in [0.15, 0.2) is 11.5 Å². The van der Waals surface area contributed by atoms with Crippen LogP contribution in [0, 0.1) is 0 Å². The first-order valence-corrected chi connectivity index (χ1v) is 6.92. The molecule has 6 heteroatoms. The van der Waals surface area contributed by atoms with Gasteiger partial charge in [-0.2, -0.15) is 0 Å². The van der Waals surface area contributed by atoms with Crippen molar-refractivity contribution in [2.24, 2.45) is 0 Å². The van der Waals surface area contributed by atoms with E-state index in [9.17, 15) is 4.79 Å². The first-order chi connectivity index (χ1) is 9.58. The molecular weight excluding hydrogens is 292 g/mol. The van der Waals surface area contributed by atoms with Crippen LogP contribution < -0.4 is 20.1 Å². The molecule has 0 aliphatic carbocycles. The zero-order chi connectivity index (χ0) is 15.0. The molecule has 2 N–H and O–H groups in total. The number of likely N-dealkylation sites (N-methyl/N-ethyl adjacent to an activating group) is 1. The van der Waals surface area contributed by atoms with Crippen LogP contribution in [0.15, 0.2) is 18.2 Å². The molecule has 0 aliphatic heterocycles. The van der Waals surface area contributed by atoms with Crippen molar-refractivity contribution >= 4 is 18.3 Å². The van der Waals surface area contributed by atoms with Crippen LogP contribution in [-0.4, -0.2) is 38.8 Å². The van der Waals surface area contributed by atoms with Crippen LogP contribution in [0.4, 0.5) is 0 Å². The summed E-state index contributed by atoms with van der Waals surface area (Å²) in [6, 6.07) is 5.20. The van der Waals surface area contributed by atoms with Gasteiger partial charge in [-0.25, -0.2) is 0 Å². The van der Waals surface area contributed by atoms with E-state index in [2.05, 4.69) is 10.6 Å². The molecule has 0 aromatic heterocycles. The molecule has 5 nitrogen and oxygen atoms in total. The van der Waals surface area contributed by atoms with Crippen molar-refractivity contribution < 1.29 is 14.3 Å². The zero-order valence-corrected chi connectivity index (χ0v) is 13.9. The number of rotatable bonds is 8. The highest BCUT2D eigenvalue weighted by Crippen LogP contribution is 2.28. The van der Waals surface area contributed by atoms with Gasteiger partial charge in [-0.15, -0.1) is 12.4 Å². The molecule has 0 heterocycles. The van der Waals surface area contributed by atoms with Gasteiger partial charge in [0.05, 0.1) is 13.2 Å². The van der Waals surface area contributed by atoms with E-state index in [0.29, 0.717) is 23.6 Å². The van der Waals surface area contributed by atoms with Crippen molar-refractivity contribution in [1.82, 2.24) is 10.6 Å². The first kappa shape index (κ1) is 19.5. The Morgan fingerprint density at radius 2 is 1.95 bits per heavy atom. The molecule has 0 spiro atoms. The Balaban J connectivity index is 0.00000400. The molecule has 1 amide bonds. The predicted octanol–water partition coefficient (Wildman–Crippen LogP) is 2.24. The fraction of sp³-hybridized carbons (Fsp3) is 0.533. The first-order valence-electron chi connectivity index (χ1n) is 6.92. The summed E-state index contributed by atoms with van der Waals surface area (Å²) in [5.41, 5.74) is 0.564. The average Bonchev–Trinajstić information content (AvgIpc) is 2.43. The molecule has 120 valence electrons. The van der Waals surface area contributed by atoms with Crippen LogP contribution in [0.1, 0.15) is 31.1 Å². The van der Waals surface area contributed by atoms with Gasteiger partial charge >= 0.3 is 0 Å². The highest BCUT2D eigenvalue weighted by atomic mass is 35.5. The van der Waals surface area contributed by atoms with Gasteiger partial charge in [0.1, 0.15) is 0 Å². The lowest BCUT2D eigenvalue weighted by molar-refractivity contribution is 0.0953. The van der Waals surface area contributed by atoms with Gasteiger partial charge in [-0.1, -0.05) is 6.92 Å². The molecule has 1 aromatic carbocycles. The number of benzene rings is 1. The third kappa shape index (κ3) is 6.69. The van der Waals surface area contributed by atoms with Crippen LogP contribution >= 0.6 is 12.4 Å². The summed E-state index contributed by atoms with van der Waals surface area (Å²) in [4.78, 5) is 12.0. The molecule has 21 heavy (non-hydrogen) atoms. The largest absolute Gasteiger partial charge is 0.493 e. The minimum Gasteiger partial charge on any atom is -0.493 e. The van der Waals surface area contributed by atoms with E-state index in [1.165, 1.54) is 0 Å². The Hall–Kier alpha value is -1.46. The third-order valence-corrected chi connectivity index (χ3v) is 2.63. The molecule has 0 fully saturated rings. The number of methoxy groups -OCH3 is 1. The van der Waals surface area contributed by atoms with Crippen LogP contribution in [0.2, 0.25) is 0 Å². The fourth-order valence-electron chi connectivity index (χ4n) is 1.70. The molecule has 0 unspecified atom stereocenters. The maximum Gasteiger partial charge on any atom is 0.251 e. The minimum atomic E-state index is -0.114. The molecular formula is C15H25ClN2O3. The maximum atomic E-state index is 12.0. The summed E-state index contributed by atoms with van der Waals surface area (Å²) >= 11 is 0. The number of carbonyl (C=O) groups excluding carboxylic acids is 1. The number of amides is 1. The maximum absolute atomic E-state index is 12.0. The fourth-order valence-corrected chi connectivity index (χ4v) is 1.70. The second kappa shape index (κ2) is 10.3. The molecule has 0 saturated heterocycles. The summed E-state index contributed by atoms with van der Waals surface area (Å²) in [5, 5.41) is 6.00. The Morgan fingerprint density at radius 3 is 2.52 bits per heavy atom. The second-order valence-electron chi connectivity index (χ2n) is 4.64. The number of hydrogen-bond donors (Lipinski definition) is 2. The van der Waals surface area contributed by atoms with Crippen LogP contribution in [-0.2, 0) is 0 Å². The van der Waals surface area contributed by atoms with E-state index in [1.807, 2.05) is 20.8 Å².